The number of fused-ring (bicyclic) bond motifs is 1. The number of sulfonamides is 1. The summed E-state index contributed by atoms with van der Waals surface area (Å²) < 4.78 is 27.7. The highest BCUT2D eigenvalue weighted by Gasteiger charge is 2.06. The number of hydrogen-bond acceptors (Lipinski definition) is 5. The van der Waals surface area contributed by atoms with Crippen LogP contribution in [0.5, 0.6) is 5.75 Å². The van der Waals surface area contributed by atoms with Crippen LogP contribution in [0, 0.1) is 0 Å². The van der Waals surface area contributed by atoms with Crippen LogP contribution in [0.4, 0.5) is 5.69 Å². The third kappa shape index (κ3) is 3.58. The Hall–Kier alpha value is -2.77. The number of primary sulfonamides is 1. The Labute approximate surface area is 139 Å². The summed E-state index contributed by atoms with van der Waals surface area (Å²) in [5, 5.41) is 6.01. The molecule has 3 rings (SSSR count). The summed E-state index contributed by atoms with van der Waals surface area (Å²) in [6.45, 7) is 0. The van der Waals surface area contributed by atoms with E-state index >= 15 is 0 Å². The maximum absolute atomic E-state index is 11.2. The number of nitrogens with zero attached hydrogens (tertiary/aromatic N) is 2. The van der Waals surface area contributed by atoms with Gasteiger partial charge < -0.3 is 4.74 Å². The number of pyridine rings is 1. The van der Waals surface area contributed by atoms with Crippen molar-refractivity contribution in [2.24, 2.45) is 10.1 Å². The van der Waals surface area contributed by atoms with E-state index in [1.807, 2.05) is 24.3 Å². The van der Waals surface area contributed by atoms with Crippen LogP contribution in [0.15, 0.2) is 64.6 Å². The smallest absolute Gasteiger partial charge is 0.238 e. The molecule has 0 saturated heterocycles. The SMILES string of the molecule is COc1ccc2ncc(C=Nc3ccc(S(N)(=O)=O)cc3)cc2c1. The number of aliphatic imine (C=N–C) groups is 1. The van der Waals surface area contributed by atoms with Crippen molar-refractivity contribution in [3.8, 4) is 5.75 Å². The molecule has 122 valence electrons. The lowest BCUT2D eigenvalue weighted by molar-refractivity contribution is 0.415. The molecule has 0 unspecified atom stereocenters. The molecule has 0 fully saturated rings. The van der Waals surface area contributed by atoms with E-state index in [0.717, 1.165) is 22.2 Å². The van der Waals surface area contributed by atoms with Crippen molar-refractivity contribution < 1.29 is 13.2 Å². The van der Waals surface area contributed by atoms with Gasteiger partial charge in [0.25, 0.3) is 0 Å². The molecule has 1 heterocycles. The third-order valence-electron chi connectivity index (χ3n) is 3.44. The highest BCUT2D eigenvalue weighted by molar-refractivity contribution is 7.89. The van der Waals surface area contributed by atoms with E-state index in [-0.39, 0.29) is 4.90 Å². The molecular formula is C17H15N3O3S. The topological polar surface area (TPSA) is 94.6 Å². The van der Waals surface area contributed by atoms with Crippen molar-refractivity contribution in [3.05, 3.63) is 60.3 Å². The van der Waals surface area contributed by atoms with Crippen molar-refractivity contribution in [3.63, 3.8) is 0 Å². The summed E-state index contributed by atoms with van der Waals surface area (Å²) in [6.07, 6.45) is 3.38. The van der Waals surface area contributed by atoms with Gasteiger partial charge in [-0.3, -0.25) is 9.98 Å². The highest BCUT2D eigenvalue weighted by atomic mass is 32.2. The first-order valence-corrected chi connectivity index (χ1v) is 8.61. The predicted molar refractivity (Wildman–Crippen MR) is 93.4 cm³/mol. The molecule has 0 bridgehead atoms. The maximum Gasteiger partial charge on any atom is 0.238 e. The van der Waals surface area contributed by atoms with Gasteiger partial charge in [-0.2, -0.15) is 0 Å². The molecule has 0 aliphatic rings. The Bertz CT molecular complexity index is 1010. The zero-order chi connectivity index (χ0) is 17.2. The van der Waals surface area contributed by atoms with Crippen molar-refractivity contribution in [2.75, 3.05) is 7.11 Å². The molecule has 6 nitrogen and oxygen atoms in total. The quantitative estimate of drug-likeness (QED) is 0.738. The lowest BCUT2D eigenvalue weighted by Gasteiger charge is -2.03. The number of methoxy groups -OCH3 is 1. The normalized spacial score (nSPS) is 11.9. The van der Waals surface area contributed by atoms with E-state index < -0.39 is 10.0 Å². The second-order valence-corrected chi connectivity index (χ2v) is 6.69. The van der Waals surface area contributed by atoms with Crippen LogP contribution in [0.25, 0.3) is 10.9 Å². The van der Waals surface area contributed by atoms with Crippen LogP contribution >= 0.6 is 0 Å². The molecule has 0 spiro atoms. The molecular weight excluding hydrogens is 326 g/mol. The lowest BCUT2D eigenvalue weighted by Crippen LogP contribution is -2.11. The fourth-order valence-electron chi connectivity index (χ4n) is 2.20. The summed E-state index contributed by atoms with van der Waals surface area (Å²) in [5.41, 5.74) is 2.31. The molecule has 1 aromatic heterocycles. The van der Waals surface area contributed by atoms with Crippen LogP contribution in [-0.2, 0) is 10.0 Å². The fraction of sp³-hybridized carbons (Fsp3) is 0.0588. The molecule has 0 aliphatic heterocycles. The van der Waals surface area contributed by atoms with E-state index in [1.165, 1.54) is 12.1 Å². The number of nitrogens with two attached hydrogens (primary N) is 1. The van der Waals surface area contributed by atoms with Crippen LogP contribution < -0.4 is 9.88 Å². The van der Waals surface area contributed by atoms with Gasteiger partial charge in [-0.15, -0.1) is 0 Å². The summed E-state index contributed by atoms with van der Waals surface area (Å²) in [7, 11) is -2.08. The Morgan fingerprint density at radius 1 is 1.12 bits per heavy atom. The summed E-state index contributed by atoms with van der Waals surface area (Å²) in [5.74, 6) is 0.761. The van der Waals surface area contributed by atoms with Crippen LogP contribution in [-0.4, -0.2) is 26.7 Å². The molecule has 3 aromatic rings. The van der Waals surface area contributed by atoms with Crippen molar-refractivity contribution in [1.82, 2.24) is 4.98 Å². The summed E-state index contributed by atoms with van der Waals surface area (Å²) in [4.78, 5) is 8.75. The first-order valence-electron chi connectivity index (χ1n) is 7.06. The van der Waals surface area contributed by atoms with E-state index in [4.69, 9.17) is 9.88 Å². The van der Waals surface area contributed by atoms with E-state index in [2.05, 4.69) is 9.98 Å². The van der Waals surface area contributed by atoms with Gasteiger partial charge in [0.1, 0.15) is 5.75 Å². The molecule has 24 heavy (non-hydrogen) atoms. The first-order chi connectivity index (χ1) is 11.5. The van der Waals surface area contributed by atoms with Gasteiger partial charge in [0.2, 0.25) is 10.0 Å². The number of rotatable bonds is 4. The standard InChI is InChI=1S/C17H15N3O3S/c1-23-15-4-7-17-13(9-15)8-12(11-20-17)10-19-14-2-5-16(6-3-14)24(18,21)22/h2-11H,1H3,(H2,18,21,22). The first kappa shape index (κ1) is 16.1. The Balaban J connectivity index is 1.87. The molecule has 2 aromatic carbocycles. The highest BCUT2D eigenvalue weighted by Crippen LogP contribution is 2.20. The monoisotopic (exact) mass is 341 g/mol. The second kappa shape index (κ2) is 6.38. The maximum atomic E-state index is 11.2. The van der Waals surface area contributed by atoms with Crippen LogP contribution in [0.3, 0.4) is 0 Å². The minimum atomic E-state index is -3.69. The Morgan fingerprint density at radius 2 is 1.88 bits per heavy atom. The molecule has 7 heteroatoms. The van der Waals surface area contributed by atoms with Gasteiger partial charge in [0, 0.05) is 23.4 Å². The van der Waals surface area contributed by atoms with Gasteiger partial charge in [0.05, 0.1) is 23.2 Å². The molecule has 0 aliphatic carbocycles. The predicted octanol–water partition coefficient (Wildman–Crippen LogP) is 2.64. The van der Waals surface area contributed by atoms with Crippen LogP contribution in [0.2, 0.25) is 0 Å². The minimum absolute atomic E-state index is 0.0564. The summed E-state index contributed by atoms with van der Waals surface area (Å²) >= 11 is 0. The number of aromatic nitrogens is 1. The Kier molecular flexibility index (Phi) is 4.28. The zero-order valence-electron chi connectivity index (χ0n) is 12.9. The average molecular weight is 341 g/mol. The molecule has 0 atom stereocenters. The van der Waals surface area contributed by atoms with Gasteiger partial charge >= 0.3 is 0 Å². The number of benzene rings is 2. The van der Waals surface area contributed by atoms with Crippen molar-refractivity contribution >= 4 is 32.8 Å². The van der Waals surface area contributed by atoms with E-state index in [9.17, 15) is 8.42 Å². The van der Waals surface area contributed by atoms with E-state index in [0.29, 0.717) is 5.69 Å². The third-order valence-corrected chi connectivity index (χ3v) is 4.37. The van der Waals surface area contributed by atoms with Crippen LogP contribution in [0.1, 0.15) is 5.56 Å². The summed E-state index contributed by atoms with van der Waals surface area (Å²) in [6, 6.07) is 13.6. The fourth-order valence-corrected chi connectivity index (χ4v) is 2.71. The number of ether oxygens (including phenoxy) is 1. The van der Waals surface area contributed by atoms with Crippen molar-refractivity contribution in [2.45, 2.75) is 4.90 Å². The lowest BCUT2D eigenvalue weighted by atomic mass is 10.1. The molecule has 0 saturated carbocycles. The molecule has 2 N–H and O–H groups in total. The molecule has 0 radical (unpaired) electrons. The zero-order valence-corrected chi connectivity index (χ0v) is 13.7. The van der Waals surface area contributed by atoms with Gasteiger partial charge in [-0.1, -0.05) is 0 Å². The van der Waals surface area contributed by atoms with Crippen molar-refractivity contribution in [1.29, 1.82) is 0 Å². The van der Waals surface area contributed by atoms with Gasteiger partial charge in [0.15, 0.2) is 0 Å². The number of hydrogen-bond donors (Lipinski definition) is 1. The largest absolute Gasteiger partial charge is 0.497 e. The van der Waals surface area contributed by atoms with Gasteiger partial charge in [-0.25, -0.2) is 13.6 Å². The minimum Gasteiger partial charge on any atom is -0.497 e. The van der Waals surface area contributed by atoms with Gasteiger partial charge in [-0.05, 0) is 48.5 Å². The molecule has 0 amide bonds. The Morgan fingerprint density at radius 3 is 2.54 bits per heavy atom. The van der Waals surface area contributed by atoms with E-state index in [1.54, 1.807) is 31.7 Å². The average Bonchev–Trinajstić information content (AvgIpc) is 2.58. The second-order valence-electron chi connectivity index (χ2n) is 5.12.